The molecule has 2 heterocycles. The van der Waals surface area contributed by atoms with Gasteiger partial charge >= 0.3 is 0 Å². The fourth-order valence-corrected chi connectivity index (χ4v) is 3.47. The average Bonchev–Trinajstić information content (AvgIpc) is 2.63. The Hall–Kier alpha value is -0.190. The smallest absolute Gasteiger partial charge is 0.0935 e. The summed E-state index contributed by atoms with van der Waals surface area (Å²) in [5, 5.41) is 12.3. The number of hydrogen-bond donors (Lipinski definition) is 1. The molecule has 0 aromatic heterocycles. The van der Waals surface area contributed by atoms with Crippen LogP contribution in [0.15, 0.2) is 11.6 Å². The topological polar surface area (TPSA) is 26.7 Å². The molecule has 15 heavy (non-hydrogen) atoms. The van der Waals surface area contributed by atoms with Crippen LogP contribution in [0.4, 0.5) is 0 Å². The molecule has 2 aliphatic heterocycles. The van der Waals surface area contributed by atoms with E-state index in [-0.39, 0.29) is 6.10 Å². The van der Waals surface area contributed by atoms with Gasteiger partial charge in [0.15, 0.2) is 0 Å². The first-order valence-electron chi connectivity index (χ1n) is 5.64. The van der Waals surface area contributed by atoms with Crippen LogP contribution in [-0.2, 0) is 0 Å². The SMILES string of the molecule is C[C@H]([C@H]1SC=CN1C)N1CCC[C@@H](O)C1. The second kappa shape index (κ2) is 4.76. The van der Waals surface area contributed by atoms with Gasteiger partial charge in [0.25, 0.3) is 0 Å². The predicted molar refractivity (Wildman–Crippen MR) is 64.6 cm³/mol. The van der Waals surface area contributed by atoms with Gasteiger partial charge in [0.1, 0.15) is 0 Å². The Morgan fingerprint density at radius 2 is 2.33 bits per heavy atom. The quantitative estimate of drug-likeness (QED) is 0.771. The second-order valence-corrected chi connectivity index (χ2v) is 5.54. The van der Waals surface area contributed by atoms with Crippen LogP contribution < -0.4 is 0 Å². The number of rotatable bonds is 2. The van der Waals surface area contributed by atoms with Gasteiger partial charge in [-0.3, -0.25) is 4.90 Å². The van der Waals surface area contributed by atoms with Crippen LogP contribution in [0.2, 0.25) is 0 Å². The number of β-amino-alcohol motifs (C(OH)–C–C–N with tert-alkyl or cyclic N) is 1. The number of likely N-dealkylation sites (tertiary alicyclic amines) is 1. The number of thioether (sulfide) groups is 1. The minimum Gasteiger partial charge on any atom is -0.392 e. The summed E-state index contributed by atoms with van der Waals surface area (Å²) in [6.45, 7) is 4.23. The molecule has 0 bridgehead atoms. The van der Waals surface area contributed by atoms with Crippen molar-refractivity contribution in [1.82, 2.24) is 9.80 Å². The van der Waals surface area contributed by atoms with Crippen molar-refractivity contribution in [3.63, 3.8) is 0 Å². The van der Waals surface area contributed by atoms with Gasteiger partial charge in [0.05, 0.1) is 11.5 Å². The summed E-state index contributed by atoms with van der Waals surface area (Å²) in [6.07, 6.45) is 4.10. The van der Waals surface area contributed by atoms with Gasteiger partial charge in [-0.15, -0.1) is 11.8 Å². The number of aliphatic hydroxyl groups is 1. The fourth-order valence-electron chi connectivity index (χ4n) is 2.38. The molecule has 1 saturated heterocycles. The molecule has 0 radical (unpaired) electrons. The van der Waals surface area contributed by atoms with Crippen molar-refractivity contribution in [2.75, 3.05) is 20.1 Å². The fraction of sp³-hybridized carbons (Fsp3) is 0.818. The van der Waals surface area contributed by atoms with E-state index in [0.29, 0.717) is 11.4 Å². The predicted octanol–water partition coefficient (Wildman–Crippen LogP) is 1.31. The Balaban J connectivity index is 1.92. The number of hydrogen-bond acceptors (Lipinski definition) is 4. The summed E-state index contributed by atoms with van der Waals surface area (Å²) in [6, 6.07) is 0.505. The Kier molecular flexibility index (Phi) is 3.59. The number of piperidine rings is 1. The summed E-state index contributed by atoms with van der Waals surface area (Å²) in [5.74, 6) is 0. The van der Waals surface area contributed by atoms with Crippen LogP contribution in [0.5, 0.6) is 0 Å². The van der Waals surface area contributed by atoms with Gasteiger partial charge in [-0.05, 0) is 31.7 Å². The van der Waals surface area contributed by atoms with Crippen molar-refractivity contribution in [3.8, 4) is 0 Å². The minimum absolute atomic E-state index is 0.120. The highest BCUT2D eigenvalue weighted by molar-refractivity contribution is 8.02. The van der Waals surface area contributed by atoms with E-state index in [1.807, 2.05) is 11.8 Å². The van der Waals surface area contributed by atoms with Crippen LogP contribution in [0.3, 0.4) is 0 Å². The molecule has 0 aromatic carbocycles. The van der Waals surface area contributed by atoms with Crippen molar-refractivity contribution in [1.29, 1.82) is 0 Å². The van der Waals surface area contributed by atoms with Gasteiger partial charge in [0, 0.05) is 25.8 Å². The van der Waals surface area contributed by atoms with E-state index in [4.69, 9.17) is 0 Å². The molecule has 1 N–H and O–H groups in total. The molecule has 4 heteroatoms. The van der Waals surface area contributed by atoms with Crippen molar-refractivity contribution in [2.24, 2.45) is 0 Å². The molecule has 2 rings (SSSR count). The molecular weight excluding hydrogens is 208 g/mol. The molecule has 3 nitrogen and oxygen atoms in total. The molecule has 3 atom stereocenters. The summed E-state index contributed by atoms with van der Waals surface area (Å²) in [7, 11) is 2.12. The van der Waals surface area contributed by atoms with Crippen LogP contribution in [-0.4, -0.2) is 52.6 Å². The van der Waals surface area contributed by atoms with Crippen LogP contribution in [0, 0.1) is 0 Å². The molecule has 86 valence electrons. The van der Waals surface area contributed by atoms with E-state index in [0.717, 1.165) is 25.9 Å². The van der Waals surface area contributed by atoms with Gasteiger partial charge in [-0.1, -0.05) is 0 Å². The maximum Gasteiger partial charge on any atom is 0.0935 e. The highest BCUT2D eigenvalue weighted by Crippen LogP contribution is 2.29. The molecule has 0 spiro atoms. The first-order chi connectivity index (χ1) is 7.18. The molecule has 2 aliphatic rings. The Bertz CT molecular complexity index is 247. The number of likely N-dealkylation sites (N-methyl/N-ethyl adjacent to an activating group) is 1. The lowest BCUT2D eigenvalue weighted by molar-refractivity contribution is 0.0421. The van der Waals surface area contributed by atoms with Crippen LogP contribution >= 0.6 is 11.8 Å². The van der Waals surface area contributed by atoms with Crippen LogP contribution in [0.1, 0.15) is 19.8 Å². The van der Waals surface area contributed by atoms with Gasteiger partial charge in [-0.25, -0.2) is 0 Å². The summed E-state index contributed by atoms with van der Waals surface area (Å²) in [4.78, 5) is 4.67. The number of nitrogens with zero attached hydrogens (tertiary/aromatic N) is 2. The van der Waals surface area contributed by atoms with E-state index in [1.165, 1.54) is 0 Å². The van der Waals surface area contributed by atoms with Crippen molar-refractivity contribution in [2.45, 2.75) is 37.3 Å². The largest absolute Gasteiger partial charge is 0.392 e. The van der Waals surface area contributed by atoms with Gasteiger partial charge in [-0.2, -0.15) is 0 Å². The Morgan fingerprint density at radius 3 is 2.93 bits per heavy atom. The van der Waals surface area contributed by atoms with Gasteiger partial charge < -0.3 is 10.0 Å². The first kappa shape index (κ1) is 11.3. The summed E-state index contributed by atoms with van der Waals surface area (Å²) < 4.78 is 0. The number of aliphatic hydroxyl groups excluding tert-OH is 1. The third-order valence-corrected chi connectivity index (χ3v) is 4.62. The van der Waals surface area contributed by atoms with E-state index in [2.05, 4.69) is 35.4 Å². The van der Waals surface area contributed by atoms with Gasteiger partial charge in [0.2, 0.25) is 0 Å². The zero-order valence-electron chi connectivity index (χ0n) is 9.47. The maximum absolute atomic E-state index is 9.66. The maximum atomic E-state index is 9.66. The minimum atomic E-state index is -0.120. The highest BCUT2D eigenvalue weighted by Gasteiger charge is 2.30. The van der Waals surface area contributed by atoms with E-state index in [9.17, 15) is 5.11 Å². The van der Waals surface area contributed by atoms with Crippen molar-refractivity contribution < 1.29 is 5.11 Å². The Labute approximate surface area is 96.1 Å². The Morgan fingerprint density at radius 1 is 1.53 bits per heavy atom. The second-order valence-electron chi connectivity index (χ2n) is 4.51. The monoisotopic (exact) mass is 228 g/mol. The third kappa shape index (κ3) is 2.49. The van der Waals surface area contributed by atoms with Crippen molar-refractivity contribution >= 4 is 11.8 Å². The van der Waals surface area contributed by atoms with E-state index < -0.39 is 0 Å². The normalized spacial score (nSPS) is 34.7. The third-order valence-electron chi connectivity index (χ3n) is 3.33. The molecule has 1 fully saturated rings. The summed E-state index contributed by atoms with van der Waals surface area (Å²) >= 11 is 1.88. The molecule has 0 unspecified atom stereocenters. The first-order valence-corrected chi connectivity index (χ1v) is 6.59. The molecule has 0 saturated carbocycles. The van der Waals surface area contributed by atoms with E-state index >= 15 is 0 Å². The standard InChI is InChI=1S/C11H20N2OS/c1-9(11-12(2)6-7-15-11)13-5-3-4-10(14)8-13/h6-7,9-11,14H,3-5,8H2,1-2H3/t9-,10-,11-/m1/s1. The van der Waals surface area contributed by atoms with E-state index in [1.54, 1.807) is 0 Å². The lowest BCUT2D eigenvalue weighted by Gasteiger charge is -2.39. The lowest BCUT2D eigenvalue weighted by Crippen LogP contribution is -2.50. The lowest BCUT2D eigenvalue weighted by atomic mass is 10.1. The van der Waals surface area contributed by atoms with Crippen molar-refractivity contribution in [3.05, 3.63) is 11.6 Å². The average molecular weight is 228 g/mol. The molecular formula is C11H20N2OS. The zero-order chi connectivity index (χ0) is 10.8. The molecule has 0 aliphatic carbocycles. The zero-order valence-corrected chi connectivity index (χ0v) is 10.3. The van der Waals surface area contributed by atoms with Crippen LogP contribution in [0.25, 0.3) is 0 Å². The molecule has 0 amide bonds. The summed E-state index contributed by atoms with van der Waals surface area (Å²) in [5.41, 5.74) is 0. The molecule has 0 aromatic rings. The highest BCUT2D eigenvalue weighted by atomic mass is 32.2.